The number of allylic oxidation sites excluding steroid dienone is 1. The molecule has 0 amide bonds. The normalized spacial score (nSPS) is 25.0. The number of hydrogen-bond acceptors (Lipinski definition) is 3. The Kier molecular flexibility index (Phi) is 4.46. The van der Waals surface area contributed by atoms with E-state index in [4.69, 9.17) is 0 Å². The molecule has 0 saturated carbocycles. The molecule has 0 bridgehead atoms. The summed E-state index contributed by atoms with van der Waals surface area (Å²) < 4.78 is 0. The first-order chi connectivity index (χ1) is 8.15. The number of likely N-dealkylation sites (tertiary alicyclic amines) is 2. The highest BCUT2D eigenvalue weighted by Gasteiger charge is 2.26. The molecule has 3 heteroatoms. The molecule has 2 aliphatic heterocycles. The number of aliphatic hydroxyl groups is 1. The summed E-state index contributed by atoms with van der Waals surface area (Å²) in [5, 5.41) is 9.52. The fourth-order valence-corrected chi connectivity index (χ4v) is 3.00. The third kappa shape index (κ3) is 3.71. The summed E-state index contributed by atoms with van der Waals surface area (Å²) >= 11 is 0. The quantitative estimate of drug-likeness (QED) is 0.795. The van der Waals surface area contributed by atoms with Gasteiger partial charge in [0, 0.05) is 32.2 Å². The van der Waals surface area contributed by atoms with Crippen LogP contribution >= 0.6 is 0 Å². The highest BCUT2D eigenvalue weighted by molar-refractivity contribution is 4.95. The zero-order chi connectivity index (χ0) is 12.3. The average Bonchev–Trinajstić information content (AvgIpc) is 2.30. The molecule has 0 aliphatic carbocycles. The summed E-state index contributed by atoms with van der Waals surface area (Å²) in [6.45, 7) is 8.89. The summed E-state index contributed by atoms with van der Waals surface area (Å²) in [6, 6.07) is 0.754. The van der Waals surface area contributed by atoms with Crippen LogP contribution in [0.1, 0.15) is 39.5 Å². The van der Waals surface area contributed by atoms with Crippen LogP contribution in [0.3, 0.4) is 0 Å². The van der Waals surface area contributed by atoms with Gasteiger partial charge in [0.2, 0.25) is 0 Å². The predicted octanol–water partition coefficient (Wildman–Crippen LogP) is 1.83. The topological polar surface area (TPSA) is 26.7 Å². The molecule has 0 spiro atoms. The van der Waals surface area contributed by atoms with Gasteiger partial charge in [-0.1, -0.05) is 5.57 Å². The van der Waals surface area contributed by atoms with Gasteiger partial charge in [0.15, 0.2) is 0 Å². The van der Waals surface area contributed by atoms with Crippen molar-refractivity contribution in [2.75, 3.05) is 26.2 Å². The van der Waals surface area contributed by atoms with E-state index in [1.165, 1.54) is 31.5 Å². The Labute approximate surface area is 105 Å². The van der Waals surface area contributed by atoms with Gasteiger partial charge in [0.05, 0.1) is 6.10 Å². The Morgan fingerprint density at radius 3 is 2.12 bits per heavy atom. The lowest BCUT2D eigenvalue weighted by Gasteiger charge is -2.41. The van der Waals surface area contributed by atoms with Gasteiger partial charge in [-0.3, -0.25) is 0 Å². The summed E-state index contributed by atoms with van der Waals surface area (Å²) in [7, 11) is 0. The molecule has 0 aromatic carbocycles. The fraction of sp³-hybridized carbons (Fsp3) is 0.857. The molecular formula is C14H26N2O. The summed E-state index contributed by atoms with van der Waals surface area (Å²) in [6.07, 6.45) is 6.73. The molecule has 98 valence electrons. The summed E-state index contributed by atoms with van der Waals surface area (Å²) in [4.78, 5) is 5.04. The van der Waals surface area contributed by atoms with E-state index in [1.54, 1.807) is 0 Å². The maximum absolute atomic E-state index is 9.52. The van der Waals surface area contributed by atoms with E-state index in [2.05, 4.69) is 29.8 Å². The van der Waals surface area contributed by atoms with Crippen molar-refractivity contribution in [2.45, 2.75) is 51.7 Å². The van der Waals surface area contributed by atoms with Crippen LogP contribution in [0.5, 0.6) is 0 Å². The Bertz CT molecular complexity index is 257. The van der Waals surface area contributed by atoms with Crippen molar-refractivity contribution in [3.05, 3.63) is 11.8 Å². The summed E-state index contributed by atoms with van der Waals surface area (Å²) in [5.74, 6) is 0. The molecule has 0 radical (unpaired) electrons. The first kappa shape index (κ1) is 12.9. The highest BCUT2D eigenvalue weighted by Crippen LogP contribution is 2.21. The molecule has 17 heavy (non-hydrogen) atoms. The number of rotatable bonds is 2. The van der Waals surface area contributed by atoms with Crippen LogP contribution in [0.2, 0.25) is 0 Å². The van der Waals surface area contributed by atoms with E-state index in [9.17, 15) is 5.11 Å². The van der Waals surface area contributed by atoms with Gasteiger partial charge < -0.3 is 14.9 Å². The lowest BCUT2D eigenvalue weighted by Crippen LogP contribution is -2.47. The largest absolute Gasteiger partial charge is 0.393 e. The molecule has 2 aliphatic rings. The molecule has 2 fully saturated rings. The van der Waals surface area contributed by atoms with Gasteiger partial charge >= 0.3 is 0 Å². The van der Waals surface area contributed by atoms with Gasteiger partial charge in [0.1, 0.15) is 0 Å². The molecule has 2 rings (SSSR count). The Hall–Kier alpha value is -0.540. The predicted molar refractivity (Wildman–Crippen MR) is 70.8 cm³/mol. The molecule has 0 unspecified atom stereocenters. The molecule has 2 saturated heterocycles. The van der Waals surface area contributed by atoms with Crippen LogP contribution in [0.15, 0.2) is 11.8 Å². The minimum atomic E-state index is -0.0444. The maximum Gasteiger partial charge on any atom is 0.0564 e. The van der Waals surface area contributed by atoms with Crippen molar-refractivity contribution in [1.29, 1.82) is 0 Å². The SMILES string of the molecule is CC(C)=CN1CCC(N2CCC(O)CC2)CC1. The van der Waals surface area contributed by atoms with Crippen molar-refractivity contribution in [3.8, 4) is 0 Å². The van der Waals surface area contributed by atoms with E-state index in [1.807, 2.05) is 0 Å². The van der Waals surface area contributed by atoms with Crippen LogP contribution in [-0.4, -0.2) is 53.2 Å². The first-order valence-corrected chi connectivity index (χ1v) is 6.96. The van der Waals surface area contributed by atoms with Gasteiger partial charge in [-0.15, -0.1) is 0 Å². The number of piperidine rings is 2. The minimum Gasteiger partial charge on any atom is -0.393 e. The second-order valence-electron chi connectivity index (χ2n) is 5.74. The summed E-state index contributed by atoms with van der Waals surface area (Å²) in [5.41, 5.74) is 1.39. The second kappa shape index (κ2) is 5.87. The second-order valence-corrected chi connectivity index (χ2v) is 5.74. The van der Waals surface area contributed by atoms with Gasteiger partial charge in [-0.25, -0.2) is 0 Å². The minimum absolute atomic E-state index is 0.0444. The van der Waals surface area contributed by atoms with Gasteiger partial charge in [-0.2, -0.15) is 0 Å². The van der Waals surface area contributed by atoms with Crippen LogP contribution in [0.25, 0.3) is 0 Å². The van der Waals surface area contributed by atoms with E-state index in [0.717, 1.165) is 32.0 Å². The van der Waals surface area contributed by atoms with Crippen LogP contribution in [0, 0.1) is 0 Å². The van der Waals surface area contributed by atoms with E-state index in [0.29, 0.717) is 0 Å². The van der Waals surface area contributed by atoms with Crippen LogP contribution in [-0.2, 0) is 0 Å². The molecule has 1 N–H and O–H groups in total. The molecule has 2 heterocycles. The fourth-order valence-electron chi connectivity index (χ4n) is 3.00. The monoisotopic (exact) mass is 238 g/mol. The molecule has 0 aromatic rings. The van der Waals surface area contributed by atoms with Crippen molar-refractivity contribution in [2.24, 2.45) is 0 Å². The van der Waals surface area contributed by atoms with Crippen molar-refractivity contribution < 1.29 is 5.11 Å². The van der Waals surface area contributed by atoms with E-state index < -0.39 is 0 Å². The van der Waals surface area contributed by atoms with Crippen molar-refractivity contribution in [3.63, 3.8) is 0 Å². The number of aliphatic hydroxyl groups excluding tert-OH is 1. The van der Waals surface area contributed by atoms with Crippen LogP contribution < -0.4 is 0 Å². The lowest BCUT2D eigenvalue weighted by molar-refractivity contribution is 0.0439. The van der Waals surface area contributed by atoms with Gasteiger partial charge in [-0.05, 0) is 45.7 Å². The number of nitrogens with zero attached hydrogens (tertiary/aromatic N) is 2. The average molecular weight is 238 g/mol. The number of hydrogen-bond donors (Lipinski definition) is 1. The van der Waals surface area contributed by atoms with Crippen LogP contribution in [0.4, 0.5) is 0 Å². The lowest BCUT2D eigenvalue weighted by atomic mass is 9.99. The first-order valence-electron chi connectivity index (χ1n) is 6.96. The van der Waals surface area contributed by atoms with Crippen molar-refractivity contribution in [1.82, 2.24) is 9.80 Å². The third-order valence-corrected chi connectivity index (χ3v) is 3.96. The van der Waals surface area contributed by atoms with E-state index in [-0.39, 0.29) is 6.10 Å². The standard InChI is InChI=1S/C14H26N2O/c1-12(2)11-15-7-3-13(4-8-15)16-9-5-14(17)6-10-16/h11,13-14,17H,3-10H2,1-2H3. The maximum atomic E-state index is 9.52. The Balaban J connectivity index is 1.77. The Morgan fingerprint density at radius 2 is 1.59 bits per heavy atom. The molecule has 3 nitrogen and oxygen atoms in total. The zero-order valence-electron chi connectivity index (χ0n) is 11.2. The molecule has 0 aromatic heterocycles. The van der Waals surface area contributed by atoms with E-state index >= 15 is 0 Å². The highest BCUT2D eigenvalue weighted by atomic mass is 16.3. The molecule has 0 atom stereocenters. The van der Waals surface area contributed by atoms with Crippen molar-refractivity contribution >= 4 is 0 Å². The molecular weight excluding hydrogens is 212 g/mol. The zero-order valence-corrected chi connectivity index (χ0v) is 11.2. The Morgan fingerprint density at radius 1 is 1.00 bits per heavy atom. The van der Waals surface area contributed by atoms with Gasteiger partial charge in [0.25, 0.3) is 0 Å². The smallest absolute Gasteiger partial charge is 0.0564 e. The third-order valence-electron chi connectivity index (χ3n) is 3.96.